The van der Waals surface area contributed by atoms with Crippen LogP contribution in [0.15, 0.2) is 107 Å². The summed E-state index contributed by atoms with van der Waals surface area (Å²) in [5.41, 5.74) is 31.7. The van der Waals surface area contributed by atoms with Crippen molar-refractivity contribution in [2.75, 3.05) is 52.9 Å². The predicted molar refractivity (Wildman–Crippen MR) is 402 cm³/mol. The molecule has 0 radical (unpaired) electrons. The van der Waals surface area contributed by atoms with Gasteiger partial charge in [-0.25, -0.2) is 4.79 Å². The van der Waals surface area contributed by atoms with Crippen molar-refractivity contribution in [2.45, 2.75) is 161 Å². The number of fused-ring (bicyclic) bond motifs is 1. The molecule has 1 aliphatic heterocycles. The second-order valence-electron chi connectivity index (χ2n) is 26.1. The Morgan fingerprint density at radius 1 is 0.624 bits per heavy atom. The van der Waals surface area contributed by atoms with Gasteiger partial charge in [0.1, 0.15) is 60.4 Å². The number of nitrogens with one attached hydrogen (secondary N) is 12. The molecule has 0 aliphatic carbocycles. The Kier molecular flexibility index (Phi) is 35.1. The van der Waals surface area contributed by atoms with Crippen LogP contribution in [0.4, 0.5) is 4.79 Å². The fraction of sp³-hybridized carbons (Fsp3) is 0.458. The number of amides is 12. The molecule has 0 saturated carbocycles. The molecule has 3 heterocycles. The van der Waals surface area contributed by atoms with E-state index >= 15 is 0 Å². The van der Waals surface area contributed by atoms with Gasteiger partial charge in [0.15, 0.2) is 6.61 Å². The minimum Gasteiger partial charge on any atom is -0.438 e. The summed E-state index contributed by atoms with van der Waals surface area (Å²) in [5.74, 6) is -11.6. The van der Waals surface area contributed by atoms with Crippen molar-refractivity contribution in [1.82, 2.24) is 78.6 Å². The van der Waals surface area contributed by atoms with Gasteiger partial charge in [-0.2, -0.15) is 9.78 Å². The minimum absolute atomic E-state index is 0.0155. The topological polar surface area (TPSA) is 577 Å². The summed E-state index contributed by atoms with van der Waals surface area (Å²) in [6, 6.07) is 10.0. The molecule has 12 atom stereocenters. The van der Waals surface area contributed by atoms with Crippen LogP contribution in [0.3, 0.4) is 0 Å². The molecule has 6 rings (SSSR count). The van der Waals surface area contributed by atoms with Crippen LogP contribution in [0.25, 0.3) is 23.1 Å². The third-order valence-corrected chi connectivity index (χ3v) is 18.1. The zero-order valence-corrected chi connectivity index (χ0v) is 62.1. The quantitative estimate of drug-likeness (QED) is 0.0210. The second-order valence-corrected chi connectivity index (χ2v) is 27.2. The summed E-state index contributed by atoms with van der Waals surface area (Å²) in [5, 5.41) is 57.2. The van der Waals surface area contributed by atoms with E-state index in [9.17, 15) is 72.5 Å². The third kappa shape index (κ3) is 26.5. The van der Waals surface area contributed by atoms with Gasteiger partial charge in [0.05, 0.1) is 34.7 Å². The highest BCUT2D eigenvalue weighted by Crippen LogP contribution is 2.34. The van der Waals surface area contributed by atoms with Gasteiger partial charge in [-0.15, -0.1) is 0 Å². The molecule has 1 fully saturated rings. The van der Waals surface area contributed by atoms with Crippen LogP contribution in [0.1, 0.15) is 99.9 Å². The van der Waals surface area contributed by atoms with Crippen LogP contribution in [0, 0.1) is 5.92 Å². The first-order valence-corrected chi connectivity index (χ1v) is 36.4. The molecule has 5 aromatic rings. The summed E-state index contributed by atoms with van der Waals surface area (Å²) < 4.78 is 6.39. The van der Waals surface area contributed by atoms with Gasteiger partial charge in [0.2, 0.25) is 59.1 Å². The number of pyridine rings is 1. The first-order valence-electron chi connectivity index (χ1n) is 35.6. The molecule has 0 unspecified atom stereocenters. The van der Waals surface area contributed by atoms with E-state index in [0.717, 1.165) is 11.6 Å². The number of rotatable bonds is 30. The molecule has 24 N–H and O–H groups in total. The van der Waals surface area contributed by atoms with E-state index in [1.54, 1.807) is 123 Å². The maximum absolute atomic E-state index is 14.7. The Bertz CT molecular complexity index is 4000. The van der Waals surface area contributed by atoms with Gasteiger partial charge in [-0.05, 0) is 158 Å². The van der Waals surface area contributed by atoms with Crippen LogP contribution >= 0.6 is 11.8 Å². The number of benzene rings is 3. The van der Waals surface area contributed by atoms with Crippen molar-refractivity contribution in [3.63, 3.8) is 0 Å². The van der Waals surface area contributed by atoms with E-state index in [-0.39, 0.29) is 95.0 Å². The highest BCUT2D eigenvalue weighted by molar-refractivity contribution is 7.99. The van der Waals surface area contributed by atoms with E-state index in [4.69, 9.17) is 33.4 Å². The van der Waals surface area contributed by atoms with Gasteiger partial charge in [-0.1, -0.05) is 74.1 Å². The lowest BCUT2D eigenvalue weighted by molar-refractivity contribution is -0.137. The minimum atomic E-state index is -1.88. The number of nitrogens with two attached hydrogens (primary N) is 5. The van der Waals surface area contributed by atoms with E-state index in [1.165, 1.54) is 25.7 Å². The Balaban J connectivity index is 1.23. The fourth-order valence-corrected chi connectivity index (χ4v) is 12.4. The van der Waals surface area contributed by atoms with Gasteiger partial charge in [0, 0.05) is 41.4 Å². The second kappa shape index (κ2) is 43.9. The molecule has 0 spiro atoms. The average Bonchev–Trinajstić information content (AvgIpc) is 1.63. The van der Waals surface area contributed by atoms with Crippen molar-refractivity contribution in [2.24, 2.45) is 34.6 Å². The number of aliphatic hydroxyl groups excluding tert-OH is 2. The number of carbonyl (C=O) groups is 13. The first-order chi connectivity index (χ1) is 52.1. The Labute approximate surface area is 633 Å². The predicted octanol–water partition coefficient (Wildman–Crippen LogP) is -3.74. The lowest BCUT2D eigenvalue weighted by atomic mass is 10.00. The van der Waals surface area contributed by atoms with Gasteiger partial charge in [0.25, 0.3) is 11.8 Å². The molecule has 1 saturated heterocycles. The summed E-state index contributed by atoms with van der Waals surface area (Å²) in [6.45, 7) is 3.27. The number of ether oxygens (including phenoxy) is 1. The zero-order chi connectivity index (χ0) is 79.9. The van der Waals surface area contributed by atoms with Crippen molar-refractivity contribution >= 4 is 112 Å². The van der Waals surface area contributed by atoms with Gasteiger partial charge < -0.3 is 107 Å². The van der Waals surface area contributed by atoms with Crippen LogP contribution < -0.4 is 92.5 Å². The lowest BCUT2D eigenvalue weighted by Gasteiger charge is -2.29. The van der Waals surface area contributed by atoms with E-state index in [0.29, 0.717) is 37.7 Å². The molecule has 37 heteroatoms. The monoisotopic (exact) mass is 1530 g/mol. The molecular formula is C72H100N20O16S. The van der Waals surface area contributed by atoms with E-state index < -0.39 is 163 Å². The molecule has 1 aliphatic rings. The zero-order valence-electron chi connectivity index (χ0n) is 61.3. The van der Waals surface area contributed by atoms with Gasteiger partial charge >= 0.3 is 6.09 Å². The first kappa shape index (κ1) is 87.1. The smallest absolute Gasteiger partial charge is 0.435 e. The molecule has 590 valence electrons. The number of aromatic nitrogens is 3. The van der Waals surface area contributed by atoms with Gasteiger partial charge in [-0.3, -0.25) is 62.5 Å². The molecule has 2 aromatic heterocycles. The summed E-state index contributed by atoms with van der Waals surface area (Å²) in [7, 11) is 1.51. The molecule has 12 amide bonds. The maximum Gasteiger partial charge on any atom is 0.435 e. The van der Waals surface area contributed by atoms with E-state index in [1.807, 2.05) is 0 Å². The van der Waals surface area contributed by atoms with Crippen molar-refractivity contribution in [3.05, 3.63) is 120 Å². The van der Waals surface area contributed by atoms with Crippen molar-refractivity contribution in [3.8, 4) is 0 Å². The van der Waals surface area contributed by atoms with Crippen LogP contribution in [-0.4, -0.2) is 228 Å². The lowest BCUT2D eigenvalue weighted by Crippen LogP contribution is -2.62. The standard InChI is InChI=1S/C72H100N20O16S/c1-39(2)35-54-68(103)84-49(23-29-74)62(97)83-52(26-32-77)67(102)89-59(40(3)93)70(105)80-34-27-53(65(100)82-50(24-30-75)64(99)88-55(69(104)87-54)36-42-13-7-6-8-14-42)85-63(98)51(25-31-76)86-71(106)60(41(4)94)90-66(101)48(22-28-73)81-58(95)38-108-72(107)92-56-37-44(109-57-17-10-9-16-46(57)61(96)78-5)19-20-45(56)47(91-92)21-18-43-15-11-12-33-79-43/h6-21,33,37,39-41,48-55,59-60,93-94H,22-32,34-36,38,73-77H2,1-5H3,(H,78,96)(H,80,105)(H,81,95)(H,82,100)(H,83,97)(H,84,103)(H,85,98)(H,86,106)(H,87,104)(H,88,99)(H,89,102)(H,90,101)/b21-18+/t40-,41-,48+,49+,50+,51+,52+,53+,54+,55-,59+,60+/m1/s1. The van der Waals surface area contributed by atoms with Crippen LogP contribution in [0.2, 0.25) is 0 Å². The molecule has 0 bridgehead atoms. The van der Waals surface area contributed by atoms with E-state index in [2.05, 4.69) is 73.9 Å². The molecule has 36 nitrogen and oxygen atoms in total. The van der Waals surface area contributed by atoms with Crippen LogP contribution in [0.5, 0.6) is 0 Å². The summed E-state index contributed by atoms with van der Waals surface area (Å²) >= 11 is 1.24. The highest BCUT2D eigenvalue weighted by Gasteiger charge is 2.38. The third-order valence-electron chi connectivity index (χ3n) is 17.1. The fourth-order valence-electron chi connectivity index (χ4n) is 11.4. The number of nitrogens with zero attached hydrogens (tertiary/aromatic N) is 3. The number of aliphatic hydroxyl groups is 2. The Morgan fingerprint density at radius 2 is 1.19 bits per heavy atom. The SMILES string of the molecule is CNC(=O)c1ccccc1Sc1ccc2c(/C=C/c3ccccn3)nn(C(=O)OCC(=O)N[C@@H](CCN)C(=O)N[C@H](C(=O)N[C@@H](CCN)C(=O)N[C@H]3CCNC(=O)[C@H]([C@@H](C)O)NC(=O)[C@H](CCN)NC(=O)[C@H](CCN)NC(=O)[C@H](CC(C)C)NC(=O)[C@@H](Cc4ccccc4)NC(=O)[C@H](CCN)NC3=O)[C@@H](C)O)c2c1. The summed E-state index contributed by atoms with van der Waals surface area (Å²) in [6.07, 6.45) is -1.48. The summed E-state index contributed by atoms with van der Waals surface area (Å²) in [4.78, 5) is 189. The normalized spacial score (nSPS) is 20.1. The Morgan fingerprint density at radius 3 is 1.78 bits per heavy atom. The van der Waals surface area contributed by atoms with Crippen LogP contribution in [-0.2, 0) is 63.9 Å². The largest absolute Gasteiger partial charge is 0.438 e. The molecule has 109 heavy (non-hydrogen) atoms. The number of hydrogen-bond donors (Lipinski definition) is 19. The maximum atomic E-state index is 14.7. The number of hydrogen-bond acceptors (Lipinski definition) is 24. The average molecular weight is 1530 g/mol. The molecular weight excluding hydrogens is 1430 g/mol. The number of carbonyl (C=O) groups excluding carboxylic acids is 13. The molecule has 3 aromatic carbocycles. The highest BCUT2D eigenvalue weighted by atomic mass is 32.2. The van der Waals surface area contributed by atoms with Crippen molar-refractivity contribution in [1.29, 1.82) is 0 Å². The van der Waals surface area contributed by atoms with Crippen molar-refractivity contribution < 1.29 is 77.3 Å². The Hall–Kier alpha value is -10.8.